The molecule has 1 aromatic carbocycles. The number of H-pyrrole nitrogens is 1. The Morgan fingerprint density at radius 1 is 1.33 bits per heavy atom. The number of rotatable bonds is 0. The first-order valence-corrected chi connectivity index (χ1v) is 3.68. The molecule has 0 atom stereocenters. The Hall–Kier alpha value is -1.71. The van der Waals surface area contributed by atoms with Crippen LogP contribution in [0, 0.1) is 6.92 Å². The summed E-state index contributed by atoms with van der Waals surface area (Å²) in [6.45, 7) is 1.97. The fourth-order valence-corrected chi connectivity index (χ4v) is 1.33. The molecule has 0 aliphatic carbocycles. The number of anilines is 2. The third kappa shape index (κ3) is 0.887. The first-order valence-electron chi connectivity index (χ1n) is 3.68. The third-order valence-electron chi connectivity index (χ3n) is 1.83. The average molecular weight is 162 g/mol. The van der Waals surface area contributed by atoms with Crippen LogP contribution in [0.1, 0.15) is 5.56 Å². The number of nitrogens with two attached hydrogens (primary N) is 2. The predicted molar refractivity (Wildman–Crippen MR) is 49.7 cm³/mol. The van der Waals surface area contributed by atoms with Crippen molar-refractivity contribution in [3.8, 4) is 0 Å². The van der Waals surface area contributed by atoms with Crippen LogP contribution in [0.15, 0.2) is 12.1 Å². The van der Waals surface area contributed by atoms with Crippen LogP contribution in [0.25, 0.3) is 11.0 Å². The molecule has 1 aromatic heterocycles. The van der Waals surface area contributed by atoms with E-state index in [0.717, 1.165) is 16.6 Å². The molecule has 2 aromatic rings. The van der Waals surface area contributed by atoms with E-state index < -0.39 is 0 Å². The molecular weight excluding hydrogens is 152 g/mol. The zero-order chi connectivity index (χ0) is 8.72. The van der Waals surface area contributed by atoms with E-state index in [0.29, 0.717) is 11.6 Å². The first-order chi connectivity index (χ1) is 5.66. The van der Waals surface area contributed by atoms with Gasteiger partial charge in [-0.05, 0) is 24.6 Å². The van der Waals surface area contributed by atoms with Crippen molar-refractivity contribution >= 4 is 22.7 Å². The third-order valence-corrected chi connectivity index (χ3v) is 1.83. The highest BCUT2D eigenvalue weighted by Gasteiger charge is 2.02. The van der Waals surface area contributed by atoms with Gasteiger partial charge in [-0.3, -0.25) is 0 Å². The molecule has 0 saturated heterocycles. The normalized spacial score (nSPS) is 10.8. The second-order valence-corrected chi connectivity index (χ2v) is 2.85. The van der Waals surface area contributed by atoms with Crippen molar-refractivity contribution in [1.29, 1.82) is 0 Å². The van der Waals surface area contributed by atoms with E-state index in [2.05, 4.69) is 9.97 Å². The molecule has 0 amide bonds. The summed E-state index contributed by atoms with van der Waals surface area (Å²) in [6, 6.07) is 3.69. The molecule has 0 fully saturated rings. The predicted octanol–water partition coefficient (Wildman–Crippen LogP) is 1.04. The van der Waals surface area contributed by atoms with Gasteiger partial charge >= 0.3 is 0 Å². The Morgan fingerprint density at radius 3 is 2.83 bits per heavy atom. The lowest BCUT2D eigenvalue weighted by atomic mass is 10.2. The van der Waals surface area contributed by atoms with E-state index in [1.54, 1.807) is 6.07 Å². The molecule has 0 spiro atoms. The fourth-order valence-electron chi connectivity index (χ4n) is 1.33. The monoisotopic (exact) mass is 162 g/mol. The number of nitrogens with one attached hydrogen (secondary N) is 1. The van der Waals surface area contributed by atoms with Crippen molar-refractivity contribution in [2.75, 3.05) is 11.5 Å². The van der Waals surface area contributed by atoms with E-state index in [4.69, 9.17) is 11.5 Å². The van der Waals surface area contributed by atoms with Crippen LogP contribution in [0.3, 0.4) is 0 Å². The molecular formula is C8H10N4. The van der Waals surface area contributed by atoms with Gasteiger partial charge in [0, 0.05) is 5.69 Å². The molecule has 5 N–H and O–H groups in total. The lowest BCUT2D eigenvalue weighted by Crippen LogP contribution is -1.86. The van der Waals surface area contributed by atoms with E-state index in [1.807, 2.05) is 13.0 Å². The number of imidazole rings is 1. The molecule has 0 saturated carbocycles. The number of aromatic nitrogens is 2. The van der Waals surface area contributed by atoms with Crippen LogP contribution >= 0.6 is 0 Å². The maximum Gasteiger partial charge on any atom is 0.198 e. The Morgan fingerprint density at radius 2 is 2.08 bits per heavy atom. The molecule has 4 nitrogen and oxygen atoms in total. The van der Waals surface area contributed by atoms with Crippen molar-refractivity contribution in [3.05, 3.63) is 17.7 Å². The highest BCUT2D eigenvalue weighted by atomic mass is 15.0. The van der Waals surface area contributed by atoms with Gasteiger partial charge in [-0.1, -0.05) is 0 Å². The van der Waals surface area contributed by atoms with Crippen LogP contribution in [-0.4, -0.2) is 9.97 Å². The maximum atomic E-state index is 5.64. The summed E-state index contributed by atoms with van der Waals surface area (Å²) in [4.78, 5) is 7.04. The summed E-state index contributed by atoms with van der Waals surface area (Å²) >= 11 is 0. The van der Waals surface area contributed by atoms with Gasteiger partial charge in [-0.25, -0.2) is 4.98 Å². The minimum atomic E-state index is 0.429. The summed E-state index contributed by atoms with van der Waals surface area (Å²) < 4.78 is 0. The molecule has 0 unspecified atom stereocenters. The number of fused-ring (bicyclic) bond motifs is 1. The van der Waals surface area contributed by atoms with Gasteiger partial charge in [-0.2, -0.15) is 0 Å². The maximum absolute atomic E-state index is 5.64. The number of hydrogen-bond donors (Lipinski definition) is 3. The molecule has 0 aliphatic rings. The van der Waals surface area contributed by atoms with Gasteiger partial charge in [0.05, 0.1) is 11.0 Å². The van der Waals surface area contributed by atoms with Crippen molar-refractivity contribution in [1.82, 2.24) is 9.97 Å². The molecule has 12 heavy (non-hydrogen) atoms. The van der Waals surface area contributed by atoms with E-state index >= 15 is 0 Å². The average Bonchev–Trinajstić information content (AvgIpc) is 2.29. The zero-order valence-electron chi connectivity index (χ0n) is 6.76. The van der Waals surface area contributed by atoms with Crippen molar-refractivity contribution in [3.63, 3.8) is 0 Å². The Bertz CT molecular complexity index is 430. The molecule has 0 aliphatic heterocycles. The topological polar surface area (TPSA) is 80.7 Å². The Balaban J connectivity index is 2.88. The molecule has 0 radical (unpaired) electrons. The van der Waals surface area contributed by atoms with Gasteiger partial charge in [0.2, 0.25) is 0 Å². The highest BCUT2D eigenvalue weighted by Crippen LogP contribution is 2.20. The Kier molecular flexibility index (Phi) is 1.24. The van der Waals surface area contributed by atoms with Crippen LogP contribution in [0.4, 0.5) is 11.6 Å². The van der Waals surface area contributed by atoms with Gasteiger partial charge < -0.3 is 16.5 Å². The van der Waals surface area contributed by atoms with Gasteiger partial charge in [0.1, 0.15) is 0 Å². The quantitative estimate of drug-likeness (QED) is 0.506. The van der Waals surface area contributed by atoms with Crippen LogP contribution < -0.4 is 11.5 Å². The Labute approximate surface area is 69.6 Å². The van der Waals surface area contributed by atoms with Crippen LogP contribution in [0.2, 0.25) is 0 Å². The van der Waals surface area contributed by atoms with Gasteiger partial charge in [0.15, 0.2) is 5.95 Å². The molecule has 0 bridgehead atoms. The van der Waals surface area contributed by atoms with Crippen molar-refractivity contribution in [2.45, 2.75) is 6.92 Å². The summed E-state index contributed by atoms with van der Waals surface area (Å²) in [6.07, 6.45) is 0. The number of nitrogens with zero attached hydrogens (tertiary/aromatic N) is 1. The van der Waals surface area contributed by atoms with Gasteiger partial charge in [0.25, 0.3) is 0 Å². The van der Waals surface area contributed by atoms with E-state index in [-0.39, 0.29) is 0 Å². The first kappa shape index (κ1) is 6.97. The fraction of sp³-hybridized carbons (Fsp3) is 0.125. The molecule has 62 valence electrons. The van der Waals surface area contributed by atoms with Crippen LogP contribution in [-0.2, 0) is 0 Å². The van der Waals surface area contributed by atoms with E-state index in [1.165, 1.54) is 0 Å². The lowest BCUT2D eigenvalue weighted by Gasteiger charge is -1.96. The van der Waals surface area contributed by atoms with Crippen LogP contribution in [0.5, 0.6) is 0 Å². The number of hydrogen-bond acceptors (Lipinski definition) is 3. The smallest absolute Gasteiger partial charge is 0.198 e. The summed E-state index contributed by atoms with van der Waals surface area (Å²) in [5, 5.41) is 0. The van der Waals surface area contributed by atoms with Gasteiger partial charge in [-0.15, -0.1) is 0 Å². The molecule has 2 rings (SSSR count). The summed E-state index contributed by atoms with van der Waals surface area (Å²) in [7, 11) is 0. The summed E-state index contributed by atoms with van der Waals surface area (Å²) in [5.41, 5.74) is 14.7. The zero-order valence-corrected chi connectivity index (χ0v) is 6.76. The number of benzene rings is 1. The minimum absolute atomic E-state index is 0.429. The van der Waals surface area contributed by atoms with Crippen molar-refractivity contribution in [2.24, 2.45) is 0 Å². The molecule has 4 heteroatoms. The summed E-state index contributed by atoms with van der Waals surface area (Å²) in [5.74, 6) is 0.429. The SMILES string of the molecule is Cc1cc(N)cc2nc(N)[nH]c12. The standard InChI is InChI=1S/C8H10N4/c1-4-2-5(9)3-6-7(4)12-8(10)11-6/h2-3H,9H2,1H3,(H3,10,11,12). The second kappa shape index (κ2) is 2.14. The second-order valence-electron chi connectivity index (χ2n) is 2.85. The number of aryl methyl sites for hydroxylation is 1. The number of nitrogen functional groups attached to an aromatic ring is 2. The van der Waals surface area contributed by atoms with E-state index in [9.17, 15) is 0 Å². The largest absolute Gasteiger partial charge is 0.399 e. The number of aromatic amines is 1. The highest BCUT2D eigenvalue weighted by molar-refractivity contribution is 5.83. The van der Waals surface area contributed by atoms with Crippen molar-refractivity contribution < 1.29 is 0 Å². The lowest BCUT2D eigenvalue weighted by molar-refractivity contribution is 1.35. The molecule has 1 heterocycles. The minimum Gasteiger partial charge on any atom is -0.399 e.